The Morgan fingerprint density at radius 3 is 2.21 bits per heavy atom. The van der Waals surface area contributed by atoms with Gasteiger partial charge in [0, 0.05) is 32.6 Å². The topological polar surface area (TPSA) is 40.6 Å². The van der Waals surface area contributed by atoms with Crippen molar-refractivity contribution >= 4 is 11.8 Å². The van der Waals surface area contributed by atoms with E-state index >= 15 is 0 Å². The predicted molar refractivity (Wildman–Crippen MR) is 94.5 cm³/mol. The molecule has 0 unspecified atom stereocenters. The van der Waals surface area contributed by atoms with E-state index in [4.69, 9.17) is 0 Å². The summed E-state index contributed by atoms with van der Waals surface area (Å²) in [5.74, 6) is 0.806. The van der Waals surface area contributed by atoms with Crippen LogP contribution in [0.1, 0.15) is 30.4 Å². The number of hydrogen-bond acceptors (Lipinski definition) is 2. The van der Waals surface area contributed by atoms with Crippen molar-refractivity contribution in [3.8, 4) is 0 Å². The number of carbonyl (C=O) groups is 2. The Labute approximate surface area is 144 Å². The predicted octanol–water partition coefficient (Wildman–Crippen LogP) is 2.56. The first-order valence-electron chi connectivity index (χ1n) is 8.89. The number of aryl methyl sites for hydroxylation is 1. The van der Waals surface area contributed by atoms with Gasteiger partial charge in [0.05, 0.1) is 6.42 Å². The fourth-order valence-electron chi connectivity index (χ4n) is 3.42. The molecule has 1 saturated heterocycles. The monoisotopic (exact) mass is 326 g/mol. The lowest BCUT2D eigenvalue weighted by Crippen LogP contribution is -2.51. The van der Waals surface area contributed by atoms with Gasteiger partial charge in [-0.05, 0) is 31.2 Å². The van der Waals surface area contributed by atoms with Crippen molar-refractivity contribution in [1.82, 2.24) is 9.80 Å². The summed E-state index contributed by atoms with van der Waals surface area (Å²) >= 11 is 0. The average molecular weight is 326 g/mol. The van der Waals surface area contributed by atoms with E-state index in [0.717, 1.165) is 18.4 Å². The van der Waals surface area contributed by atoms with Crippen LogP contribution >= 0.6 is 0 Å². The van der Waals surface area contributed by atoms with Gasteiger partial charge in [0.15, 0.2) is 0 Å². The van der Waals surface area contributed by atoms with Gasteiger partial charge in [-0.3, -0.25) is 9.59 Å². The number of nitrogens with zero attached hydrogens (tertiary/aromatic N) is 2. The van der Waals surface area contributed by atoms with E-state index < -0.39 is 0 Å². The van der Waals surface area contributed by atoms with E-state index in [2.05, 4.69) is 12.2 Å². The maximum Gasteiger partial charge on any atom is 0.227 e. The summed E-state index contributed by atoms with van der Waals surface area (Å²) in [4.78, 5) is 28.6. The highest BCUT2D eigenvalue weighted by molar-refractivity contribution is 5.80. The first-order chi connectivity index (χ1) is 11.6. The number of hydrogen-bond donors (Lipinski definition) is 0. The molecule has 1 fully saturated rings. The van der Waals surface area contributed by atoms with Crippen molar-refractivity contribution in [3.05, 3.63) is 47.5 Å². The SMILES string of the molecule is Cc1ccc(CC(=O)N2CCN(C(=O)C[C@H]3C=CCC3)CC2)cc1. The lowest BCUT2D eigenvalue weighted by Gasteiger charge is -2.35. The molecule has 1 aliphatic carbocycles. The van der Waals surface area contributed by atoms with E-state index in [1.807, 2.05) is 41.0 Å². The number of piperazine rings is 1. The van der Waals surface area contributed by atoms with Crippen LogP contribution in [-0.4, -0.2) is 47.8 Å². The van der Waals surface area contributed by atoms with E-state index in [0.29, 0.717) is 44.9 Å². The van der Waals surface area contributed by atoms with Crippen LogP contribution in [0.5, 0.6) is 0 Å². The zero-order valence-electron chi connectivity index (χ0n) is 14.4. The van der Waals surface area contributed by atoms with E-state index in [1.54, 1.807) is 0 Å². The van der Waals surface area contributed by atoms with Crippen molar-refractivity contribution in [1.29, 1.82) is 0 Å². The highest BCUT2D eigenvalue weighted by Gasteiger charge is 2.25. The minimum Gasteiger partial charge on any atom is -0.339 e. The van der Waals surface area contributed by atoms with Crippen LogP contribution in [0.2, 0.25) is 0 Å². The van der Waals surface area contributed by atoms with Crippen molar-refractivity contribution in [2.75, 3.05) is 26.2 Å². The Morgan fingerprint density at radius 2 is 1.62 bits per heavy atom. The summed E-state index contributed by atoms with van der Waals surface area (Å²) < 4.78 is 0. The summed E-state index contributed by atoms with van der Waals surface area (Å²) in [6.45, 7) is 4.67. The van der Waals surface area contributed by atoms with Gasteiger partial charge in [-0.15, -0.1) is 0 Å². The van der Waals surface area contributed by atoms with Gasteiger partial charge in [-0.1, -0.05) is 42.0 Å². The maximum absolute atomic E-state index is 12.4. The van der Waals surface area contributed by atoms with Crippen LogP contribution in [-0.2, 0) is 16.0 Å². The van der Waals surface area contributed by atoms with Gasteiger partial charge in [-0.25, -0.2) is 0 Å². The standard InChI is InChI=1S/C20H26N2O2/c1-16-6-8-18(9-7-16)15-20(24)22-12-10-21(11-13-22)19(23)14-17-4-2-3-5-17/h2,4,6-9,17H,3,5,10-15H2,1H3/t17-/m0/s1. The minimum absolute atomic E-state index is 0.157. The van der Waals surface area contributed by atoms with Crippen molar-refractivity contribution in [2.45, 2.75) is 32.6 Å². The summed E-state index contributed by atoms with van der Waals surface area (Å²) in [6.07, 6.45) is 7.59. The Kier molecular flexibility index (Phi) is 5.34. The largest absolute Gasteiger partial charge is 0.339 e. The first kappa shape index (κ1) is 16.7. The second kappa shape index (κ2) is 7.65. The molecule has 1 aromatic carbocycles. The van der Waals surface area contributed by atoms with Gasteiger partial charge in [0.25, 0.3) is 0 Å². The maximum atomic E-state index is 12.4. The third-order valence-corrected chi connectivity index (χ3v) is 5.01. The Hall–Kier alpha value is -2.10. The molecule has 2 aliphatic rings. The first-order valence-corrected chi connectivity index (χ1v) is 8.89. The molecule has 0 bridgehead atoms. The molecule has 4 nitrogen and oxygen atoms in total. The molecule has 0 aromatic heterocycles. The van der Waals surface area contributed by atoms with Crippen LogP contribution in [0.4, 0.5) is 0 Å². The molecular weight excluding hydrogens is 300 g/mol. The van der Waals surface area contributed by atoms with Crippen molar-refractivity contribution in [3.63, 3.8) is 0 Å². The van der Waals surface area contributed by atoms with Crippen LogP contribution in [0.3, 0.4) is 0 Å². The summed E-state index contributed by atoms with van der Waals surface area (Å²) in [5.41, 5.74) is 2.26. The van der Waals surface area contributed by atoms with Gasteiger partial charge in [0.2, 0.25) is 11.8 Å². The van der Waals surface area contributed by atoms with Gasteiger partial charge < -0.3 is 9.80 Å². The molecule has 0 saturated carbocycles. The molecular formula is C20H26N2O2. The number of carbonyl (C=O) groups excluding carboxylic acids is 2. The molecule has 0 radical (unpaired) electrons. The molecule has 1 aliphatic heterocycles. The lowest BCUT2D eigenvalue weighted by molar-refractivity contribution is -0.139. The van der Waals surface area contributed by atoms with Crippen LogP contribution in [0.25, 0.3) is 0 Å². The average Bonchev–Trinajstić information content (AvgIpc) is 3.10. The number of rotatable bonds is 4. The number of benzene rings is 1. The highest BCUT2D eigenvalue weighted by Crippen LogP contribution is 2.21. The minimum atomic E-state index is 0.157. The van der Waals surface area contributed by atoms with E-state index in [1.165, 1.54) is 5.56 Å². The second-order valence-electron chi connectivity index (χ2n) is 6.89. The second-order valence-corrected chi connectivity index (χ2v) is 6.89. The molecule has 1 atom stereocenters. The van der Waals surface area contributed by atoms with Crippen LogP contribution in [0.15, 0.2) is 36.4 Å². The lowest BCUT2D eigenvalue weighted by atomic mass is 10.0. The molecule has 24 heavy (non-hydrogen) atoms. The molecule has 4 heteroatoms. The Bertz CT molecular complexity index is 613. The summed E-state index contributed by atoms with van der Waals surface area (Å²) in [5, 5.41) is 0. The number of amides is 2. The van der Waals surface area contributed by atoms with Gasteiger partial charge in [0.1, 0.15) is 0 Å². The zero-order valence-corrected chi connectivity index (χ0v) is 14.4. The van der Waals surface area contributed by atoms with E-state index in [9.17, 15) is 9.59 Å². The molecule has 128 valence electrons. The fraction of sp³-hybridized carbons (Fsp3) is 0.500. The molecule has 0 N–H and O–H groups in total. The fourth-order valence-corrected chi connectivity index (χ4v) is 3.42. The normalized spacial score (nSPS) is 20.5. The quantitative estimate of drug-likeness (QED) is 0.798. The zero-order chi connectivity index (χ0) is 16.9. The van der Waals surface area contributed by atoms with E-state index in [-0.39, 0.29) is 11.8 Å². The molecule has 3 rings (SSSR count). The third-order valence-electron chi connectivity index (χ3n) is 5.01. The van der Waals surface area contributed by atoms with Crippen molar-refractivity contribution in [2.24, 2.45) is 5.92 Å². The summed E-state index contributed by atoms with van der Waals surface area (Å²) in [6, 6.07) is 8.11. The van der Waals surface area contributed by atoms with Crippen LogP contribution in [0, 0.1) is 12.8 Å². The molecule has 2 amide bonds. The smallest absolute Gasteiger partial charge is 0.227 e. The third kappa shape index (κ3) is 4.25. The molecule has 1 aromatic rings. The number of allylic oxidation sites excluding steroid dienone is 2. The van der Waals surface area contributed by atoms with Gasteiger partial charge in [-0.2, -0.15) is 0 Å². The van der Waals surface area contributed by atoms with Crippen LogP contribution < -0.4 is 0 Å². The molecule has 0 spiro atoms. The Morgan fingerprint density at radius 1 is 1.00 bits per heavy atom. The summed E-state index contributed by atoms with van der Waals surface area (Å²) in [7, 11) is 0. The highest BCUT2D eigenvalue weighted by atomic mass is 16.2. The van der Waals surface area contributed by atoms with Gasteiger partial charge >= 0.3 is 0 Å². The Balaban J connectivity index is 1.45. The van der Waals surface area contributed by atoms with Crippen molar-refractivity contribution < 1.29 is 9.59 Å². The molecule has 1 heterocycles.